The fraction of sp³-hybridized carbons (Fsp3) is 0.412. The lowest BCUT2D eigenvalue weighted by Crippen LogP contribution is -2.15. The summed E-state index contributed by atoms with van der Waals surface area (Å²) in [6, 6.07) is 6.48. The SMILES string of the molecule is Cc1ccc(SCCCC(O)Cn2cnc(C(N)=O)c2)cc1C. The molecule has 1 amide bonds. The lowest BCUT2D eigenvalue weighted by Gasteiger charge is -2.11. The van der Waals surface area contributed by atoms with Gasteiger partial charge in [0.1, 0.15) is 5.69 Å². The molecule has 1 atom stereocenters. The van der Waals surface area contributed by atoms with Gasteiger partial charge in [-0.25, -0.2) is 4.98 Å². The Morgan fingerprint density at radius 1 is 1.39 bits per heavy atom. The van der Waals surface area contributed by atoms with Crippen molar-refractivity contribution in [1.82, 2.24) is 9.55 Å². The summed E-state index contributed by atoms with van der Waals surface area (Å²) in [5.74, 6) is 0.416. The molecule has 0 spiro atoms. The standard InChI is InChI=1S/C17H23N3O2S/c1-12-5-6-15(8-13(12)2)23-7-3-4-14(21)9-20-10-16(17(18)22)19-11-20/h5-6,8,10-11,14,21H,3-4,7,9H2,1-2H3,(H2,18,22). The van der Waals surface area contributed by atoms with Crippen molar-refractivity contribution >= 4 is 17.7 Å². The minimum absolute atomic E-state index is 0.225. The Kier molecular flexibility index (Phi) is 6.24. The van der Waals surface area contributed by atoms with Gasteiger partial charge in [0.05, 0.1) is 12.4 Å². The van der Waals surface area contributed by atoms with E-state index in [2.05, 4.69) is 37.0 Å². The van der Waals surface area contributed by atoms with Crippen molar-refractivity contribution in [3.63, 3.8) is 0 Å². The van der Waals surface area contributed by atoms with Gasteiger partial charge in [-0.1, -0.05) is 6.07 Å². The number of carbonyl (C=O) groups excluding carboxylic acids is 1. The molecule has 0 aliphatic carbocycles. The van der Waals surface area contributed by atoms with E-state index in [1.165, 1.54) is 22.3 Å². The van der Waals surface area contributed by atoms with E-state index in [0.29, 0.717) is 13.0 Å². The van der Waals surface area contributed by atoms with Crippen molar-refractivity contribution < 1.29 is 9.90 Å². The Labute approximate surface area is 140 Å². The molecular formula is C17H23N3O2S. The van der Waals surface area contributed by atoms with Crippen LogP contribution in [0.1, 0.15) is 34.5 Å². The highest BCUT2D eigenvalue weighted by atomic mass is 32.2. The van der Waals surface area contributed by atoms with Crippen LogP contribution >= 0.6 is 11.8 Å². The zero-order chi connectivity index (χ0) is 16.8. The molecule has 0 radical (unpaired) electrons. The summed E-state index contributed by atoms with van der Waals surface area (Å²) in [6.45, 7) is 4.66. The number of aromatic nitrogens is 2. The maximum atomic E-state index is 11.0. The fourth-order valence-electron chi connectivity index (χ4n) is 2.23. The molecule has 1 unspecified atom stereocenters. The summed E-state index contributed by atoms with van der Waals surface area (Å²) < 4.78 is 1.70. The summed E-state index contributed by atoms with van der Waals surface area (Å²) >= 11 is 1.81. The van der Waals surface area contributed by atoms with Gasteiger partial charge in [0.15, 0.2) is 0 Å². The first-order valence-electron chi connectivity index (χ1n) is 7.65. The second-order valence-corrected chi connectivity index (χ2v) is 6.88. The van der Waals surface area contributed by atoms with Crippen LogP contribution in [0.5, 0.6) is 0 Å². The van der Waals surface area contributed by atoms with Crippen LogP contribution in [-0.4, -0.2) is 32.4 Å². The molecule has 2 aromatic rings. The van der Waals surface area contributed by atoms with Gasteiger partial charge < -0.3 is 15.4 Å². The second-order valence-electron chi connectivity index (χ2n) is 5.71. The number of imidazole rings is 1. The molecule has 1 aromatic carbocycles. The number of aryl methyl sites for hydroxylation is 2. The highest BCUT2D eigenvalue weighted by Crippen LogP contribution is 2.22. The molecule has 23 heavy (non-hydrogen) atoms. The molecule has 0 aliphatic heterocycles. The first kappa shape index (κ1) is 17.6. The van der Waals surface area contributed by atoms with Gasteiger partial charge in [-0.15, -0.1) is 11.8 Å². The first-order chi connectivity index (χ1) is 11.0. The molecular weight excluding hydrogens is 310 g/mol. The van der Waals surface area contributed by atoms with Crippen molar-refractivity contribution in [3.8, 4) is 0 Å². The molecule has 0 saturated heterocycles. The highest BCUT2D eigenvalue weighted by Gasteiger charge is 2.09. The van der Waals surface area contributed by atoms with E-state index < -0.39 is 12.0 Å². The number of carbonyl (C=O) groups is 1. The zero-order valence-electron chi connectivity index (χ0n) is 13.5. The Balaban J connectivity index is 1.70. The minimum Gasteiger partial charge on any atom is -0.391 e. The molecule has 0 saturated carbocycles. The number of primary amides is 1. The van der Waals surface area contributed by atoms with Crippen molar-refractivity contribution in [2.75, 3.05) is 5.75 Å². The number of aliphatic hydroxyl groups excluding tert-OH is 1. The number of nitrogens with zero attached hydrogens (tertiary/aromatic N) is 2. The molecule has 124 valence electrons. The number of nitrogens with two attached hydrogens (primary N) is 1. The predicted octanol–water partition coefficient (Wildman–Crippen LogP) is 2.53. The van der Waals surface area contributed by atoms with Gasteiger partial charge in [0.25, 0.3) is 5.91 Å². The van der Waals surface area contributed by atoms with E-state index in [0.717, 1.165) is 12.2 Å². The predicted molar refractivity (Wildman–Crippen MR) is 92.6 cm³/mol. The summed E-state index contributed by atoms with van der Waals surface area (Å²) in [7, 11) is 0. The van der Waals surface area contributed by atoms with E-state index in [1.54, 1.807) is 10.8 Å². The summed E-state index contributed by atoms with van der Waals surface area (Å²) in [5.41, 5.74) is 7.99. The normalized spacial score (nSPS) is 12.3. The van der Waals surface area contributed by atoms with Crippen LogP contribution in [0.3, 0.4) is 0 Å². The van der Waals surface area contributed by atoms with Crippen LogP contribution in [0.4, 0.5) is 0 Å². The van der Waals surface area contributed by atoms with Crippen LogP contribution in [0, 0.1) is 13.8 Å². The number of amides is 1. The molecule has 5 nitrogen and oxygen atoms in total. The number of aliphatic hydroxyl groups is 1. The molecule has 0 fully saturated rings. The van der Waals surface area contributed by atoms with E-state index in [9.17, 15) is 9.90 Å². The van der Waals surface area contributed by atoms with E-state index in [4.69, 9.17) is 5.73 Å². The smallest absolute Gasteiger partial charge is 0.268 e. The van der Waals surface area contributed by atoms with Crippen molar-refractivity contribution in [2.45, 2.75) is 44.2 Å². The van der Waals surface area contributed by atoms with Gasteiger partial charge in [-0.05, 0) is 55.7 Å². The van der Waals surface area contributed by atoms with Gasteiger partial charge in [0, 0.05) is 17.6 Å². The van der Waals surface area contributed by atoms with Gasteiger partial charge in [-0.3, -0.25) is 4.79 Å². The topological polar surface area (TPSA) is 81.1 Å². The molecule has 1 heterocycles. The molecule has 6 heteroatoms. The van der Waals surface area contributed by atoms with Crippen LogP contribution < -0.4 is 5.73 Å². The van der Waals surface area contributed by atoms with Crippen LogP contribution in [0.25, 0.3) is 0 Å². The minimum atomic E-state index is -0.553. The lowest BCUT2D eigenvalue weighted by molar-refractivity contribution is 0.0995. The summed E-state index contributed by atoms with van der Waals surface area (Å²) in [6.07, 6.45) is 4.27. The second kappa shape index (κ2) is 8.17. The van der Waals surface area contributed by atoms with Crippen LogP contribution in [0.2, 0.25) is 0 Å². The highest BCUT2D eigenvalue weighted by molar-refractivity contribution is 7.99. The number of benzene rings is 1. The number of rotatable bonds is 8. The van der Waals surface area contributed by atoms with Crippen molar-refractivity contribution in [1.29, 1.82) is 0 Å². The Bertz CT molecular complexity index is 670. The third-order valence-electron chi connectivity index (χ3n) is 3.74. The maximum Gasteiger partial charge on any atom is 0.268 e. The number of thioether (sulfide) groups is 1. The maximum absolute atomic E-state index is 11.0. The Morgan fingerprint density at radius 3 is 2.83 bits per heavy atom. The Morgan fingerprint density at radius 2 is 2.17 bits per heavy atom. The van der Waals surface area contributed by atoms with Gasteiger partial charge >= 0.3 is 0 Å². The van der Waals surface area contributed by atoms with Crippen LogP contribution in [-0.2, 0) is 6.54 Å². The van der Waals surface area contributed by atoms with E-state index in [-0.39, 0.29) is 5.69 Å². The third kappa shape index (κ3) is 5.41. The quantitative estimate of drug-likeness (QED) is 0.574. The average molecular weight is 333 g/mol. The molecule has 0 aliphatic rings. The monoisotopic (exact) mass is 333 g/mol. The first-order valence-corrected chi connectivity index (χ1v) is 8.64. The third-order valence-corrected chi connectivity index (χ3v) is 4.82. The summed E-state index contributed by atoms with van der Waals surface area (Å²) in [5, 5.41) is 10.1. The lowest BCUT2D eigenvalue weighted by atomic mass is 10.1. The van der Waals surface area contributed by atoms with Gasteiger partial charge in [-0.2, -0.15) is 0 Å². The van der Waals surface area contributed by atoms with Gasteiger partial charge in [0.2, 0.25) is 0 Å². The fourth-order valence-corrected chi connectivity index (χ4v) is 3.21. The number of hydrogen-bond acceptors (Lipinski definition) is 4. The number of hydrogen-bond donors (Lipinski definition) is 2. The molecule has 2 rings (SSSR count). The van der Waals surface area contributed by atoms with Crippen molar-refractivity contribution in [2.24, 2.45) is 5.73 Å². The van der Waals surface area contributed by atoms with E-state index >= 15 is 0 Å². The molecule has 3 N–H and O–H groups in total. The zero-order valence-corrected chi connectivity index (χ0v) is 14.3. The Hall–Kier alpha value is -1.79. The summed E-state index contributed by atoms with van der Waals surface area (Å²) in [4.78, 5) is 16.1. The molecule has 0 bridgehead atoms. The largest absolute Gasteiger partial charge is 0.391 e. The van der Waals surface area contributed by atoms with Crippen molar-refractivity contribution in [3.05, 3.63) is 47.5 Å². The van der Waals surface area contributed by atoms with Crippen LogP contribution in [0.15, 0.2) is 35.6 Å². The van der Waals surface area contributed by atoms with E-state index in [1.807, 2.05) is 11.8 Å². The molecule has 1 aromatic heterocycles. The average Bonchev–Trinajstić information content (AvgIpc) is 2.96.